The molecule has 27 heavy (non-hydrogen) atoms. The molecule has 0 aliphatic heterocycles. The molecule has 0 unspecified atom stereocenters. The summed E-state index contributed by atoms with van der Waals surface area (Å²) in [5, 5.41) is 1.87. The second-order valence-corrected chi connectivity index (χ2v) is 10.7. The normalized spacial score (nSPS) is 44.2. The van der Waals surface area contributed by atoms with Crippen molar-refractivity contribution in [3.8, 4) is 0 Å². The molecule has 140 valence electrons. The van der Waals surface area contributed by atoms with Gasteiger partial charge in [-0.25, -0.2) is 0 Å². The smallest absolute Gasteiger partial charge is 0.145 e. The van der Waals surface area contributed by atoms with Gasteiger partial charge in [-0.15, -0.1) is 0 Å². The number of benzene rings is 1. The average molecular weight is 491 g/mol. The molecular weight excluding hydrogens is 470 g/mol. The summed E-state index contributed by atoms with van der Waals surface area (Å²) in [7, 11) is 2.05. The first-order valence-electron chi connectivity index (χ1n) is 9.81. The van der Waals surface area contributed by atoms with Gasteiger partial charge in [-0.2, -0.15) is 0 Å². The zero-order valence-corrected chi connectivity index (χ0v) is 18.2. The van der Waals surface area contributed by atoms with Gasteiger partial charge in [0.15, 0.2) is 0 Å². The molecule has 1 heterocycles. The van der Waals surface area contributed by atoms with Crippen LogP contribution >= 0.6 is 31.9 Å². The Hall–Kier alpha value is -0.940. The van der Waals surface area contributed by atoms with E-state index in [2.05, 4.69) is 67.9 Å². The first-order chi connectivity index (χ1) is 13.0. The summed E-state index contributed by atoms with van der Waals surface area (Å²) in [6.07, 6.45) is 3.89. The van der Waals surface area contributed by atoms with Crippen LogP contribution in [0.4, 0.5) is 0 Å². The fourth-order valence-electron chi connectivity index (χ4n) is 7.47. The molecule has 4 saturated carbocycles. The Kier molecular flexibility index (Phi) is 3.36. The van der Waals surface area contributed by atoms with Crippen molar-refractivity contribution in [2.24, 2.45) is 48.0 Å². The first-order valence-corrected chi connectivity index (χ1v) is 11.9. The second-order valence-electron chi connectivity index (χ2n) is 9.06. The highest BCUT2D eigenvalue weighted by atomic mass is 79.9. The SMILES string of the molecule is Cn1cc(C[C@@H]2C(=O)[C@@H]3[C@H]4C[C@@H]5[C@H]([C@@H]4Br)[C@H]2C(=O)[C@@]53CBr)c2ccccc21. The van der Waals surface area contributed by atoms with Crippen LogP contribution in [0, 0.1) is 40.9 Å². The van der Waals surface area contributed by atoms with Gasteiger partial charge in [0.25, 0.3) is 0 Å². The van der Waals surface area contributed by atoms with Crippen LogP contribution < -0.4 is 0 Å². The molecule has 4 aliphatic rings. The maximum atomic E-state index is 13.7. The minimum atomic E-state index is -0.406. The number of rotatable bonds is 3. The van der Waals surface area contributed by atoms with Crippen molar-refractivity contribution in [1.29, 1.82) is 0 Å². The lowest BCUT2D eigenvalue weighted by atomic mass is 9.62. The van der Waals surface area contributed by atoms with Crippen LogP contribution in [0.25, 0.3) is 10.9 Å². The molecule has 0 spiro atoms. The molecule has 6 rings (SSSR count). The number of para-hydroxylation sites is 1. The quantitative estimate of drug-likeness (QED) is 0.606. The van der Waals surface area contributed by atoms with Crippen LogP contribution in [0.5, 0.6) is 0 Å². The molecule has 3 nitrogen and oxygen atoms in total. The van der Waals surface area contributed by atoms with E-state index in [-0.39, 0.29) is 17.8 Å². The van der Waals surface area contributed by atoms with Crippen LogP contribution in [0.1, 0.15) is 12.0 Å². The molecule has 2 aromatic rings. The van der Waals surface area contributed by atoms with E-state index in [9.17, 15) is 9.59 Å². The first kappa shape index (κ1) is 17.0. The van der Waals surface area contributed by atoms with Crippen molar-refractivity contribution in [2.75, 3.05) is 5.33 Å². The van der Waals surface area contributed by atoms with Crippen molar-refractivity contribution in [2.45, 2.75) is 17.7 Å². The number of alkyl halides is 2. The number of aromatic nitrogens is 1. The van der Waals surface area contributed by atoms with Gasteiger partial charge in [-0.1, -0.05) is 50.1 Å². The Morgan fingerprint density at radius 2 is 2.04 bits per heavy atom. The number of ketones is 2. The molecule has 0 N–H and O–H groups in total. The molecule has 4 fully saturated rings. The Labute approximate surface area is 175 Å². The number of hydrogen-bond donors (Lipinski definition) is 0. The number of carbonyl (C=O) groups excluding carboxylic acids is 2. The number of hydrogen-bond acceptors (Lipinski definition) is 2. The van der Waals surface area contributed by atoms with E-state index >= 15 is 0 Å². The van der Waals surface area contributed by atoms with Gasteiger partial charge >= 0.3 is 0 Å². The second kappa shape index (κ2) is 5.35. The topological polar surface area (TPSA) is 39.1 Å². The number of fused-ring (bicyclic) bond motifs is 5. The molecule has 0 saturated heterocycles. The molecule has 1 aromatic carbocycles. The highest BCUT2D eigenvalue weighted by Gasteiger charge is 2.80. The fraction of sp³-hybridized carbons (Fsp3) is 0.545. The van der Waals surface area contributed by atoms with Crippen LogP contribution in [0.3, 0.4) is 0 Å². The largest absolute Gasteiger partial charge is 0.350 e. The van der Waals surface area contributed by atoms with E-state index in [0.29, 0.717) is 45.9 Å². The van der Waals surface area contributed by atoms with Gasteiger partial charge in [0, 0.05) is 52.1 Å². The Bertz CT molecular complexity index is 1010. The molecule has 4 bridgehead atoms. The lowest BCUT2D eigenvalue weighted by Crippen LogP contribution is -2.52. The predicted molar refractivity (Wildman–Crippen MR) is 111 cm³/mol. The van der Waals surface area contributed by atoms with Crippen molar-refractivity contribution in [3.05, 3.63) is 36.0 Å². The Morgan fingerprint density at radius 3 is 2.81 bits per heavy atom. The molecule has 0 amide bonds. The van der Waals surface area contributed by atoms with Crippen LogP contribution in [-0.4, -0.2) is 26.3 Å². The summed E-state index contributed by atoms with van der Waals surface area (Å²) < 4.78 is 2.14. The average Bonchev–Trinajstić information content (AvgIpc) is 3.30. The van der Waals surface area contributed by atoms with Gasteiger partial charge in [-0.3, -0.25) is 9.59 Å². The Morgan fingerprint density at radius 1 is 1.26 bits per heavy atom. The summed E-state index contributed by atoms with van der Waals surface area (Å²) in [4.78, 5) is 27.6. The molecule has 5 heteroatoms. The Balaban J connectivity index is 1.47. The van der Waals surface area contributed by atoms with E-state index in [1.165, 1.54) is 16.5 Å². The van der Waals surface area contributed by atoms with E-state index in [0.717, 1.165) is 6.42 Å². The van der Waals surface area contributed by atoms with Crippen molar-refractivity contribution in [1.82, 2.24) is 4.57 Å². The summed E-state index contributed by atoms with van der Waals surface area (Å²) in [6.45, 7) is 0. The minimum Gasteiger partial charge on any atom is -0.350 e. The zero-order valence-electron chi connectivity index (χ0n) is 15.1. The van der Waals surface area contributed by atoms with E-state index in [1.54, 1.807) is 0 Å². The number of aryl methyl sites for hydroxylation is 1. The van der Waals surface area contributed by atoms with Gasteiger partial charge in [0.1, 0.15) is 11.6 Å². The van der Waals surface area contributed by atoms with Crippen LogP contribution in [0.15, 0.2) is 30.5 Å². The molecule has 4 aliphatic carbocycles. The van der Waals surface area contributed by atoms with E-state index < -0.39 is 5.41 Å². The maximum absolute atomic E-state index is 13.7. The summed E-state index contributed by atoms with van der Waals surface area (Å²) in [6, 6.07) is 8.35. The number of nitrogens with zero attached hydrogens (tertiary/aromatic N) is 1. The monoisotopic (exact) mass is 489 g/mol. The third-order valence-electron chi connectivity index (χ3n) is 8.33. The standard InChI is InChI=1S/C22H21Br2NO2/c1-25-8-10(11-4-2-3-5-15(11)25)6-12-16-17-14-7-13(19(17)24)18(20(12)26)22(14,9-23)21(16)27/h2-5,8,12-14,16-19H,6-7,9H2,1H3/t12-,13+,14+,16-,17-,18-,19+,22-/m0/s1. The third-order valence-corrected chi connectivity index (χ3v) is 10.6. The number of carbonyl (C=O) groups is 2. The zero-order chi connectivity index (χ0) is 18.7. The van der Waals surface area contributed by atoms with Crippen LogP contribution in [0.2, 0.25) is 0 Å². The van der Waals surface area contributed by atoms with E-state index in [1.807, 2.05) is 6.07 Å². The molecule has 8 atom stereocenters. The van der Waals surface area contributed by atoms with Gasteiger partial charge < -0.3 is 4.57 Å². The highest BCUT2D eigenvalue weighted by Crippen LogP contribution is 2.75. The van der Waals surface area contributed by atoms with Gasteiger partial charge in [0.2, 0.25) is 0 Å². The van der Waals surface area contributed by atoms with Crippen molar-refractivity contribution < 1.29 is 9.59 Å². The summed E-state index contributed by atoms with van der Waals surface area (Å²) in [5.41, 5.74) is 1.99. The minimum absolute atomic E-state index is 0.0891. The van der Waals surface area contributed by atoms with Crippen molar-refractivity contribution >= 4 is 54.3 Å². The lowest BCUT2D eigenvalue weighted by Gasteiger charge is -2.41. The summed E-state index contributed by atoms with van der Waals surface area (Å²) in [5.74, 6) is 1.47. The third kappa shape index (κ3) is 1.76. The van der Waals surface area contributed by atoms with E-state index in [4.69, 9.17) is 0 Å². The van der Waals surface area contributed by atoms with Gasteiger partial charge in [-0.05, 0) is 42.2 Å². The number of halogens is 2. The van der Waals surface area contributed by atoms with Crippen LogP contribution in [-0.2, 0) is 23.1 Å². The van der Waals surface area contributed by atoms with Gasteiger partial charge in [0.05, 0.1) is 5.41 Å². The van der Waals surface area contributed by atoms with Crippen molar-refractivity contribution in [3.63, 3.8) is 0 Å². The maximum Gasteiger partial charge on any atom is 0.145 e. The predicted octanol–water partition coefficient (Wildman–Crippen LogP) is 4.15. The molecule has 1 aromatic heterocycles. The number of Topliss-reactive ketones (excluding diaryl/α,β-unsaturated/α-hetero) is 2. The lowest BCUT2D eigenvalue weighted by molar-refractivity contribution is -0.148. The molecular formula is C22H21Br2NO2. The summed E-state index contributed by atoms with van der Waals surface area (Å²) >= 11 is 7.55. The highest BCUT2D eigenvalue weighted by molar-refractivity contribution is 9.09. The fourth-order valence-corrected chi connectivity index (χ4v) is 9.73. The molecule has 0 radical (unpaired) electrons.